The van der Waals surface area contributed by atoms with Crippen molar-refractivity contribution in [1.29, 1.82) is 0 Å². The molecule has 0 aliphatic rings. The third kappa shape index (κ3) is 13.2. The normalized spacial score (nSPS) is 11.2. The third-order valence-corrected chi connectivity index (χ3v) is 1.84. The van der Waals surface area contributed by atoms with Gasteiger partial charge in [-0.15, -0.1) is 0 Å². The first-order valence-electron chi connectivity index (χ1n) is 6.21. The minimum Gasteiger partial charge on any atom is -0.0991 e. The van der Waals surface area contributed by atoms with Crippen LogP contribution >= 0.6 is 0 Å². The molecule has 0 aliphatic carbocycles. The van der Waals surface area contributed by atoms with Gasteiger partial charge in [0.15, 0.2) is 0 Å². The van der Waals surface area contributed by atoms with Gasteiger partial charge in [-0.2, -0.15) is 0 Å². The summed E-state index contributed by atoms with van der Waals surface area (Å²) in [6.07, 6.45) is 8.23. The van der Waals surface area contributed by atoms with Gasteiger partial charge in [0.1, 0.15) is 0 Å². The average molecular weight is 210 g/mol. The summed E-state index contributed by atoms with van der Waals surface area (Å²) in [6.45, 7) is 19.9. The van der Waals surface area contributed by atoms with Crippen LogP contribution in [0.5, 0.6) is 0 Å². The lowest BCUT2D eigenvalue weighted by molar-refractivity contribution is 0.613. The van der Waals surface area contributed by atoms with Crippen molar-refractivity contribution in [1.82, 2.24) is 0 Å². The molecule has 0 nitrogen and oxygen atoms in total. The molecule has 0 saturated carbocycles. The van der Waals surface area contributed by atoms with E-state index in [0.29, 0.717) is 5.92 Å². The summed E-state index contributed by atoms with van der Waals surface area (Å²) in [5.41, 5.74) is 1.29. The predicted molar refractivity (Wildman–Crippen MR) is 75.2 cm³/mol. The molecule has 0 saturated heterocycles. The SMILES string of the molecule is C=C/C=C(\C=C)C(C)CCC.CC.CC. The smallest absolute Gasteiger partial charge is 0.0191 e. The van der Waals surface area contributed by atoms with Crippen LogP contribution in [-0.4, -0.2) is 0 Å². The van der Waals surface area contributed by atoms with E-state index in [2.05, 4.69) is 27.0 Å². The molecule has 1 atom stereocenters. The van der Waals surface area contributed by atoms with Gasteiger partial charge in [0, 0.05) is 0 Å². The minimum absolute atomic E-state index is 0.621. The lowest BCUT2D eigenvalue weighted by Gasteiger charge is -2.09. The fraction of sp³-hybridized carbons (Fsp3) is 0.600. The topological polar surface area (TPSA) is 0 Å². The summed E-state index contributed by atoms with van der Waals surface area (Å²) in [5, 5.41) is 0. The molecular weight excluding hydrogens is 180 g/mol. The number of allylic oxidation sites excluding steroid dienone is 4. The highest BCUT2D eigenvalue weighted by atomic mass is 14.1. The first-order valence-corrected chi connectivity index (χ1v) is 6.21. The van der Waals surface area contributed by atoms with Gasteiger partial charge < -0.3 is 0 Å². The molecule has 0 radical (unpaired) electrons. The van der Waals surface area contributed by atoms with Gasteiger partial charge in [-0.1, -0.05) is 79.3 Å². The number of rotatable bonds is 5. The predicted octanol–water partition coefficient (Wildman–Crippen LogP) is 5.77. The lowest BCUT2D eigenvalue weighted by Crippen LogP contribution is -1.95. The van der Waals surface area contributed by atoms with Crippen molar-refractivity contribution in [2.45, 2.75) is 54.4 Å². The molecule has 0 amide bonds. The highest BCUT2D eigenvalue weighted by Crippen LogP contribution is 2.16. The summed E-state index contributed by atoms with van der Waals surface area (Å²) in [6, 6.07) is 0. The van der Waals surface area contributed by atoms with Crippen LogP contribution in [0.3, 0.4) is 0 Å². The van der Waals surface area contributed by atoms with Gasteiger partial charge in [-0.25, -0.2) is 0 Å². The lowest BCUT2D eigenvalue weighted by atomic mass is 9.96. The summed E-state index contributed by atoms with van der Waals surface area (Å²) in [4.78, 5) is 0. The Morgan fingerprint density at radius 1 is 1.13 bits per heavy atom. The first-order chi connectivity index (χ1) is 7.26. The Hall–Kier alpha value is -0.780. The Morgan fingerprint density at radius 2 is 1.60 bits per heavy atom. The van der Waals surface area contributed by atoms with Gasteiger partial charge in [0.25, 0.3) is 0 Å². The molecule has 0 aromatic rings. The standard InChI is InChI=1S/C11H18.2C2H6/c1-5-8-10(4)11(7-3)9-6-2;2*1-2/h6-7,9-10H,2-3,5,8H2,1,4H3;2*1-2H3/b11-9+;;. The summed E-state index contributed by atoms with van der Waals surface area (Å²) >= 11 is 0. The number of hydrogen-bond donors (Lipinski definition) is 0. The van der Waals surface area contributed by atoms with E-state index in [4.69, 9.17) is 0 Å². The van der Waals surface area contributed by atoms with E-state index in [1.807, 2.05) is 45.9 Å². The minimum atomic E-state index is 0.621. The van der Waals surface area contributed by atoms with Crippen LogP contribution < -0.4 is 0 Å². The Bertz CT molecular complexity index is 151. The van der Waals surface area contributed by atoms with Crippen LogP contribution in [0.1, 0.15) is 54.4 Å². The molecule has 0 fully saturated rings. The maximum Gasteiger partial charge on any atom is -0.0191 e. The van der Waals surface area contributed by atoms with Crippen molar-refractivity contribution in [2.75, 3.05) is 0 Å². The van der Waals surface area contributed by atoms with Crippen LogP contribution in [0.15, 0.2) is 37.0 Å². The van der Waals surface area contributed by atoms with E-state index < -0.39 is 0 Å². The van der Waals surface area contributed by atoms with Crippen molar-refractivity contribution < 1.29 is 0 Å². The Kier molecular flexibility index (Phi) is 24.9. The fourth-order valence-electron chi connectivity index (χ4n) is 1.17. The zero-order valence-electron chi connectivity index (χ0n) is 11.6. The van der Waals surface area contributed by atoms with E-state index >= 15 is 0 Å². The Balaban J connectivity index is -0.000000318. The monoisotopic (exact) mass is 210 g/mol. The Morgan fingerprint density at radius 3 is 1.87 bits per heavy atom. The van der Waals surface area contributed by atoms with E-state index in [0.717, 1.165) is 0 Å². The quantitative estimate of drug-likeness (QED) is 0.505. The van der Waals surface area contributed by atoms with E-state index in [-0.39, 0.29) is 0 Å². The van der Waals surface area contributed by atoms with Crippen LogP contribution in [0.4, 0.5) is 0 Å². The second kappa shape index (κ2) is 18.9. The van der Waals surface area contributed by atoms with Gasteiger partial charge >= 0.3 is 0 Å². The zero-order valence-corrected chi connectivity index (χ0v) is 11.6. The summed E-state index contributed by atoms with van der Waals surface area (Å²) in [7, 11) is 0. The molecular formula is C15H30. The van der Waals surface area contributed by atoms with Gasteiger partial charge in [-0.05, 0) is 17.9 Å². The summed E-state index contributed by atoms with van der Waals surface area (Å²) in [5.74, 6) is 0.621. The maximum absolute atomic E-state index is 3.77. The largest absolute Gasteiger partial charge is 0.0991 e. The highest BCUT2D eigenvalue weighted by Gasteiger charge is 2.01. The van der Waals surface area contributed by atoms with Crippen LogP contribution in [-0.2, 0) is 0 Å². The molecule has 1 unspecified atom stereocenters. The molecule has 0 heterocycles. The van der Waals surface area contributed by atoms with Gasteiger partial charge in [0.2, 0.25) is 0 Å². The van der Waals surface area contributed by atoms with Crippen molar-refractivity contribution in [3.8, 4) is 0 Å². The molecule has 15 heavy (non-hydrogen) atoms. The molecule has 0 aromatic heterocycles. The second-order valence-electron chi connectivity index (χ2n) is 2.80. The molecule has 0 aliphatic heterocycles. The first kappa shape index (κ1) is 19.7. The van der Waals surface area contributed by atoms with Crippen LogP contribution in [0.2, 0.25) is 0 Å². The fourth-order valence-corrected chi connectivity index (χ4v) is 1.17. The molecule has 0 rings (SSSR count). The molecule has 0 heteroatoms. The molecule has 0 aromatic carbocycles. The molecule has 0 spiro atoms. The summed E-state index contributed by atoms with van der Waals surface area (Å²) < 4.78 is 0. The van der Waals surface area contributed by atoms with Crippen molar-refractivity contribution >= 4 is 0 Å². The van der Waals surface area contributed by atoms with Gasteiger partial charge in [-0.3, -0.25) is 0 Å². The second-order valence-corrected chi connectivity index (χ2v) is 2.80. The molecule has 90 valence electrons. The van der Waals surface area contributed by atoms with E-state index in [1.54, 1.807) is 0 Å². The van der Waals surface area contributed by atoms with Crippen molar-refractivity contribution in [3.63, 3.8) is 0 Å². The van der Waals surface area contributed by atoms with E-state index in [1.165, 1.54) is 18.4 Å². The average Bonchev–Trinajstić information content (AvgIpc) is 2.31. The zero-order chi connectivity index (χ0) is 12.7. The van der Waals surface area contributed by atoms with Crippen molar-refractivity contribution in [3.05, 3.63) is 37.0 Å². The number of hydrogen-bond acceptors (Lipinski definition) is 0. The molecule has 0 N–H and O–H groups in total. The van der Waals surface area contributed by atoms with E-state index in [9.17, 15) is 0 Å². The van der Waals surface area contributed by atoms with Crippen LogP contribution in [0, 0.1) is 5.92 Å². The Labute approximate surface area is 97.8 Å². The maximum atomic E-state index is 3.77. The highest BCUT2D eigenvalue weighted by molar-refractivity contribution is 5.23. The van der Waals surface area contributed by atoms with Crippen molar-refractivity contribution in [2.24, 2.45) is 5.92 Å². The molecule has 0 bridgehead atoms. The van der Waals surface area contributed by atoms with Gasteiger partial charge in [0.05, 0.1) is 0 Å². The van der Waals surface area contributed by atoms with Crippen LogP contribution in [0.25, 0.3) is 0 Å². The third-order valence-electron chi connectivity index (χ3n) is 1.84.